The van der Waals surface area contributed by atoms with Crippen molar-refractivity contribution in [2.45, 2.75) is 75.2 Å². The number of nitrogens with zero attached hydrogens (tertiary/aromatic N) is 4. The van der Waals surface area contributed by atoms with E-state index in [1.807, 2.05) is 0 Å². The summed E-state index contributed by atoms with van der Waals surface area (Å²) in [4.78, 5) is 32.3. The fraction of sp³-hybridized carbons (Fsp3) is 0.484. The lowest BCUT2D eigenvalue weighted by Gasteiger charge is -2.49. The summed E-state index contributed by atoms with van der Waals surface area (Å²) in [6.07, 6.45) is -5.47. The number of nitrogens with one attached hydrogen (secondary N) is 1. The number of alkyl halides is 3. The Morgan fingerprint density at radius 3 is 2.46 bits per heavy atom. The number of likely N-dealkylation sites (tertiary alicyclic amines) is 1. The first-order valence-corrected chi connectivity index (χ1v) is 16.7. The summed E-state index contributed by atoms with van der Waals surface area (Å²) in [5.74, 6) is -2.07. The fourth-order valence-electron chi connectivity index (χ4n) is 5.63. The number of amides is 2. The van der Waals surface area contributed by atoms with Gasteiger partial charge >= 0.3 is 12.3 Å². The molecule has 1 unspecified atom stereocenters. The molecular weight excluding hydrogens is 682 g/mol. The summed E-state index contributed by atoms with van der Waals surface area (Å²) in [7, 11) is 0. The zero-order chi connectivity index (χ0) is 35.2. The van der Waals surface area contributed by atoms with Gasteiger partial charge in [-0.15, -0.1) is 0 Å². The van der Waals surface area contributed by atoms with E-state index in [-0.39, 0.29) is 66.1 Å². The number of carbonyl (C=O) groups is 2. The van der Waals surface area contributed by atoms with E-state index in [1.54, 1.807) is 52.0 Å². The minimum atomic E-state index is -4.62. The molecule has 2 aliphatic rings. The number of piperidine rings is 1. The van der Waals surface area contributed by atoms with Crippen molar-refractivity contribution >= 4 is 40.5 Å². The third-order valence-electron chi connectivity index (χ3n) is 8.20. The van der Waals surface area contributed by atoms with Crippen LogP contribution in [0.2, 0.25) is 5.02 Å². The number of aromatic nitrogens is 2. The molecule has 11 nitrogen and oxygen atoms in total. The van der Waals surface area contributed by atoms with Gasteiger partial charge in [-0.05, 0) is 55.7 Å². The average Bonchev–Trinajstić information content (AvgIpc) is 3.44. The van der Waals surface area contributed by atoms with Crippen LogP contribution in [0.5, 0.6) is 0 Å². The first kappa shape index (κ1) is 35.9. The molecule has 0 saturated carbocycles. The minimum absolute atomic E-state index is 0.00997. The Morgan fingerprint density at radius 2 is 1.85 bits per heavy atom. The molecule has 17 heteroatoms. The molecule has 0 radical (unpaired) electrons. The monoisotopic (exact) mass is 715 g/mol. The number of halogens is 5. The number of fused-ring (bicyclic) bond motifs is 1. The van der Waals surface area contributed by atoms with Crippen LogP contribution < -0.4 is 10.2 Å². The largest absolute Gasteiger partial charge is 0.633 e. The van der Waals surface area contributed by atoms with E-state index in [9.17, 15) is 32.5 Å². The molecule has 0 aliphatic carbocycles. The normalized spacial score (nSPS) is 25.0. The van der Waals surface area contributed by atoms with E-state index in [2.05, 4.69) is 15.5 Å². The van der Waals surface area contributed by atoms with E-state index in [0.717, 1.165) is 6.07 Å². The van der Waals surface area contributed by atoms with Crippen molar-refractivity contribution in [2.75, 3.05) is 30.3 Å². The smallest absolute Gasteiger partial charge is 0.438 e. The van der Waals surface area contributed by atoms with Crippen LogP contribution in [-0.4, -0.2) is 74.5 Å². The van der Waals surface area contributed by atoms with Crippen molar-refractivity contribution in [3.8, 4) is 11.4 Å². The molecule has 2 aromatic carbocycles. The van der Waals surface area contributed by atoms with E-state index < -0.39 is 63.4 Å². The third kappa shape index (κ3) is 8.22. The lowest BCUT2D eigenvalue weighted by Crippen LogP contribution is -2.55. The Balaban J connectivity index is 1.48. The lowest BCUT2D eigenvalue weighted by atomic mass is 9.80. The number of alkyl carbamates (subject to hydrolysis) is 1. The van der Waals surface area contributed by atoms with Gasteiger partial charge in [0.15, 0.2) is 17.5 Å². The molecule has 3 heterocycles. The van der Waals surface area contributed by atoms with Crippen LogP contribution in [0.3, 0.4) is 0 Å². The van der Waals surface area contributed by atoms with Crippen LogP contribution in [0.4, 0.5) is 28.0 Å². The van der Waals surface area contributed by atoms with Crippen LogP contribution in [0.25, 0.3) is 11.4 Å². The van der Waals surface area contributed by atoms with Crippen molar-refractivity contribution in [2.24, 2.45) is 0 Å². The van der Waals surface area contributed by atoms with Crippen LogP contribution >= 0.6 is 11.6 Å². The molecule has 1 fully saturated rings. The molecule has 0 spiro atoms. The van der Waals surface area contributed by atoms with E-state index in [1.165, 1.54) is 11.0 Å². The van der Waals surface area contributed by atoms with Crippen molar-refractivity contribution in [1.82, 2.24) is 15.5 Å². The Labute approximate surface area is 281 Å². The van der Waals surface area contributed by atoms with Crippen LogP contribution in [0.15, 0.2) is 45.8 Å². The van der Waals surface area contributed by atoms with Crippen LogP contribution in [0, 0.1) is 11.0 Å². The summed E-state index contributed by atoms with van der Waals surface area (Å²) >= 11 is 4.08. The van der Waals surface area contributed by atoms with Crippen LogP contribution in [0.1, 0.15) is 52.0 Å². The summed E-state index contributed by atoms with van der Waals surface area (Å²) in [6, 6.07) is 7.59. The van der Waals surface area contributed by atoms with E-state index in [4.69, 9.17) is 20.9 Å². The quantitative estimate of drug-likeness (QED) is 0.142. The average molecular weight is 716 g/mol. The van der Waals surface area contributed by atoms with Crippen molar-refractivity contribution < 1.29 is 45.6 Å². The summed E-state index contributed by atoms with van der Waals surface area (Å²) < 4.78 is 77.5. The number of hydrogen-bond acceptors (Lipinski definition) is 8. The molecule has 0 bridgehead atoms. The number of hydrogen-bond donors (Lipinski definition) is 1. The van der Waals surface area contributed by atoms with Crippen LogP contribution in [-0.2, 0) is 32.7 Å². The van der Waals surface area contributed by atoms with Gasteiger partial charge in [0.05, 0.1) is 30.6 Å². The van der Waals surface area contributed by atoms with Gasteiger partial charge in [0.2, 0.25) is 11.7 Å². The second kappa shape index (κ2) is 13.1. The number of anilines is 1. The summed E-state index contributed by atoms with van der Waals surface area (Å²) in [5.41, 5.74) is -1.31. The van der Waals surface area contributed by atoms with Gasteiger partial charge in [-0.1, -0.05) is 35.8 Å². The van der Waals surface area contributed by atoms with Gasteiger partial charge in [0, 0.05) is 23.9 Å². The molecule has 2 amide bonds. The highest BCUT2D eigenvalue weighted by molar-refractivity contribution is 7.91. The van der Waals surface area contributed by atoms with E-state index >= 15 is 4.39 Å². The Morgan fingerprint density at radius 1 is 1.21 bits per heavy atom. The first-order chi connectivity index (χ1) is 22.2. The molecule has 5 rings (SSSR count). The fourth-order valence-corrected chi connectivity index (χ4v) is 7.10. The maximum absolute atomic E-state index is 15.7. The molecule has 2 aliphatic heterocycles. The highest BCUT2D eigenvalue weighted by Crippen LogP contribution is 2.40. The molecular formula is C31H34ClF4N5O6S. The number of carbonyl (C=O) groups excluding carboxylic acids is 2. The maximum atomic E-state index is 15.7. The zero-order valence-corrected chi connectivity index (χ0v) is 28.1. The molecule has 3 aromatic rings. The number of quaternary nitrogens is 1. The van der Waals surface area contributed by atoms with Crippen molar-refractivity contribution in [3.63, 3.8) is 0 Å². The molecule has 2 atom stereocenters. The van der Waals surface area contributed by atoms with E-state index in [0.29, 0.717) is 10.6 Å². The summed E-state index contributed by atoms with van der Waals surface area (Å²) in [5, 5.41) is 19.5. The molecule has 1 saturated heterocycles. The second-order valence-corrected chi connectivity index (χ2v) is 15.2. The number of hydroxylamine groups is 3. The predicted molar refractivity (Wildman–Crippen MR) is 168 cm³/mol. The Hall–Kier alpha value is -3.44. The zero-order valence-electron chi connectivity index (χ0n) is 26.5. The van der Waals surface area contributed by atoms with Gasteiger partial charge in [0.25, 0.3) is 5.91 Å². The second-order valence-electron chi connectivity index (χ2n) is 13.3. The molecule has 1 N–H and O–H groups in total. The Kier molecular flexibility index (Phi) is 9.80. The molecule has 48 heavy (non-hydrogen) atoms. The highest BCUT2D eigenvalue weighted by Gasteiger charge is 2.46. The van der Waals surface area contributed by atoms with Gasteiger partial charge in [-0.3, -0.25) is 4.79 Å². The van der Waals surface area contributed by atoms with Gasteiger partial charge in [0.1, 0.15) is 22.9 Å². The Bertz CT molecular complexity index is 1670. The highest BCUT2D eigenvalue weighted by atomic mass is 35.5. The third-order valence-corrected chi connectivity index (χ3v) is 9.91. The van der Waals surface area contributed by atoms with Gasteiger partial charge < -0.3 is 33.9 Å². The molecule has 260 valence electrons. The van der Waals surface area contributed by atoms with Crippen molar-refractivity contribution in [3.05, 3.63) is 63.9 Å². The number of rotatable bonds is 6. The van der Waals surface area contributed by atoms with Gasteiger partial charge in [-0.2, -0.15) is 18.2 Å². The number of ether oxygens (including phenoxy) is 1. The molecule has 1 aromatic heterocycles. The topological polar surface area (TPSA) is 144 Å². The van der Waals surface area contributed by atoms with Crippen molar-refractivity contribution in [1.29, 1.82) is 0 Å². The number of benzene rings is 2. The maximum Gasteiger partial charge on any atom is 0.438 e. The first-order valence-electron chi connectivity index (χ1n) is 15.0. The lowest BCUT2D eigenvalue weighted by molar-refractivity contribution is -0.897. The van der Waals surface area contributed by atoms with Gasteiger partial charge in [-0.25, -0.2) is 9.18 Å². The summed E-state index contributed by atoms with van der Waals surface area (Å²) in [6.45, 7) is 4.40. The minimum Gasteiger partial charge on any atom is -0.633 e. The standard InChI is InChI=1S/C31H34ClF4N5O6S/c1-29(2,3)46-28(43)37-22-16-48(45)24-14-21(33)20(13-23(24)40(26(22)42)15-18-5-7-19(32)8-6-18)25-38-27(47-39-25)30(4)9-11-41(44,12-10-30)17-31(34,35)36/h5-8,13-14,22H,9-12,15-17H2,1-4H3,(H,37,43)/t22-,30?,41?,48?/m0/s1. The predicted octanol–water partition coefficient (Wildman–Crippen LogP) is 6.01. The SMILES string of the molecule is CC(C)(C)OC(=O)N[C@H]1C[S+]([O-])c2cc(F)c(-c3noc(C4(C)CC[N+]([O-])(CC(F)(F)F)CC4)n3)cc2N(Cc2ccc(Cl)cc2)C1=O.